The van der Waals surface area contributed by atoms with E-state index in [2.05, 4.69) is 5.32 Å². The summed E-state index contributed by atoms with van der Waals surface area (Å²) >= 11 is 0. The summed E-state index contributed by atoms with van der Waals surface area (Å²) in [6.07, 6.45) is 10.3. The van der Waals surface area contributed by atoms with Gasteiger partial charge in [0, 0.05) is 6.54 Å². The van der Waals surface area contributed by atoms with Crippen molar-refractivity contribution in [2.75, 3.05) is 6.54 Å². The molecular formula is C22H33NO3. The van der Waals surface area contributed by atoms with Gasteiger partial charge in [-0.3, -0.25) is 0 Å². The number of hydrogen-bond donors (Lipinski definition) is 2. The third-order valence-electron chi connectivity index (χ3n) is 4.65. The van der Waals surface area contributed by atoms with E-state index < -0.39 is 17.8 Å². The van der Waals surface area contributed by atoms with Crippen molar-refractivity contribution in [2.24, 2.45) is 5.92 Å². The monoisotopic (exact) mass is 359 g/mol. The summed E-state index contributed by atoms with van der Waals surface area (Å²) in [6, 6.07) is 7.99. The molecule has 4 nitrogen and oxygen atoms in total. The van der Waals surface area contributed by atoms with E-state index in [9.17, 15) is 9.90 Å². The summed E-state index contributed by atoms with van der Waals surface area (Å²) in [5.41, 5.74) is 1.50. The van der Waals surface area contributed by atoms with Gasteiger partial charge in [-0.25, -0.2) is 4.79 Å². The zero-order chi connectivity index (χ0) is 19.0. The zero-order valence-corrected chi connectivity index (χ0v) is 16.3. The highest BCUT2D eigenvalue weighted by atomic mass is 16.6. The number of hydrogen-bond acceptors (Lipinski definition) is 3. The fourth-order valence-electron chi connectivity index (χ4n) is 3.40. The Morgan fingerprint density at radius 1 is 1.31 bits per heavy atom. The molecule has 0 aliphatic heterocycles. The van der Waals surface area contributed by atoms with Crippen LogP contribution in [0.2, 0.25) is 0 Å². The van der Waals surface area contributed by atoms with E-state index in [-0.39, 0.29) is 0 Å². The number of aliphatic hydroxyl groups is 1. The second kappa shape index (κ2) is 9.77. The number of carbonyl (C=O) groups excluding carboxylic acids is 1. The summed E-state index contributed by atoms with van der Waals surface area (Å²) < 4.78 is 5.20. The minimum atomic E-state index is -0.489. The van der Waals surface area contributed by atoms with Gasteiger partial charge in [-0.15, -0.1) is 0 Å². The molecule has 1 atom stereocenters. The highest BCUT2D eigenvalue weighted by Gasteiger charge is 2.18. The van der Waals surface area contributed by atoms with Crippen LogP contribution in [0.4, 0.5) is 4.79 Å². The molecular weight excluding hydrogens is 326 g/mol. The molecule has 1 aromatic rings. The molecule has 0 bridgehead atoms. The van der Waals surface area contributed by atoms with Gasteiger partial charge in [0.25, 0.3) is 0 Å². The molecule has 1 aliphatic rings. The highest BCUT2D eigenvalue weighted by molar-refractivity contribution is 5.68. The van der Waals surface area contributed by atoms with Gasteiger partial charge in [-0.1, -0.05) is 62.5 Å². The lowest BCUT2D eigenvalue weighted by Crippen LogP contribution is -2.32. The Morgan fingerprint density at radius 2 is 2.04 bits per heavy atom. The van der Waals surface area contributed by atoms with Crippen molar-refractivity contribution in [3.63, 3.8) is 0 Å². The Hall–Kier alpha value is -1.81. The number of benzene rings is 1. The van der Waals surface area contributed by atoms with E-state index in [4.69, 9.17) is 4.74 Å². The van der Waals surface area contributed by atoms with E-state index in [1.54, 1.807) is 0 Å². The number of alkyl carbamates (subject to hydrolysis) is 1. The van der Waals surface area contributed by atoms with Crippen LogP contribution in [0.15, 0.2) is 30.3 Å². The Bertz CT molecular complexity index is 598. The summed E-state index contributed by atoms with van der Waals surface area (Å²) in [5, 5.41) is 13.3. The summed E-state index contributed by atoms with van der Waals surface area (Å²) in [4.78, 5) is 11.6. The summed E-state index contributed by atoms with van der Waals surface area (Å²) in [7, 11) is 0. The average molecular weight is 360 g/mol. The van der Waals surface area contributed by atoms with Crippen LogP contribution >= 0.6 is 0 Å². The predicted molar refractivity (Wildman–Crippen MR) is 106 cm³/mol. The van der Waals surface area contributed by atoms with Gasteiger partial charge in [0.1, 0.15) is 5.60 Å². The van der Waals surface area contributed by atoms with E-state index in [1.165, 1.54) is 32.1 Å². The van der Waals surface area contributed by atoms with Crippen LogP contribution < -0.4 is 5.32 Å². The number of ether oxygens (including phenoxy) is 1. The molecule has 0 aromatic heterocycles. The Morgan fingerprint density at radius 3 is 2.73 bits per heavy atom. The maximum absolute atomic E-state index is 11.6. The van der Waals surface area contributed by atoms with Crippen molar-refractivity contribution in [2.45, 2.75) is 71.0 Å². The van der Waals surface area contributed by atoms with Crippen molar-refractivity contribution < 1.29 is 14.6 Å². The molecule has 0 spiro atoms. The third kappa shape index (κ3) is 7.61. The van der Waals surface area contributed by atoms with Crippen molar-refractivity contribution >= 4 is 12.2 Å². The van der Waals surface area contributed by atoms with Crippen molar-refractivity contribution in [3.8, 4) is 0 Å². The molecule has 1 amide bonds. The molecule has 144 valence electrons. The number of rotatable bonds is 6. The molecule has 1 aromatic carbocycles. The van der Waals surface area contributed by atoms with Crippen molar-refractivity contribution in [3.05, 3.63) is 41.5 Å². The molecule has 1 aliphatic carbocycles. The Kier molecular flexibility index (Phi) is 7.70. The van der Waals surface area contributed by atoms with Gasteiger partial charge in [0.05, 0.1) is 6.10 Å². The molecule has 1 saturated carbocycles. The zero-order valence-electron chi connectivity index (χ0n) is 16.3. The van der Waals surface area contributed by atoms with Crippen LogP contribution in [0, 0.1) is 5.92 Å². The highest BCUT2D eigenvalue weighted by Crippen LogP contribution is 2.32. The van der Waals surface area contributed by atoms with E-state index in [0.717, 1.165) is 17.5 Å². The van der Waals surface area contributed by atoms with Crippen molar-refractivity contribution in [1.82, 2.24) is 5.32 Å². The maximum atomic E-state index is 11.6. The first kappa shape index (κ1) is 20.5. The van der Waals surface area contributed by atoms with Gasteiger partial charge in [-0.05, 0) is 50.3 Å². The molecule has 2 N–H and O–H groups in total. The van der Waals surface area contributed by atoms with Crippen LogP contribution in [0.3, 0.4) is 0 Å². The number of nitrogens with one attached hydrogen (secondary N) is 1. The number of carbonyl (C=O) groups is 1. The smallest absolute Gasteiger partial charge is 0.407 e. The largest absolute Gasteiger partial charge is 0.444 e. The molecule has 2 rings (SSSR count). The van der Waals surface area contributed by atoms with Gasteiger partial charge < -0.3 is 15.2 Å². The fourth-order valence-corrected chi connectivity index (χ4v) is 3.40. The molecule has 0 saturated heterocycles. The quantitative estimate of drug-likeness (QED) is 0.731. The van der Waals surface area contributed by atoms with Crippen LogP contribution in [-0.4, -0.2) is 23.3 Å². The third-order valence-corrected chi connectivity index (χ3v) is 4.65. The normalized spacial score (nSPS) is 17.2. The molecule has 4 heteroatoms. The van der Waals surface area contributed by atoms with Crippen LogP contribution in [0.25, 0.3) is 6.08 Å². The maximum Gasteiger partial charge on any atom is 0.407 e. The van der Waals surface area contributed by atoms with E-state index >= 15 is 0 Å². The molecule has 1 fully saturated rings. The summed E-state index contributed by atoms with van der Waals surface area (Å²) in [5.74, 6) is 0.649. The van der Waals surface area contributed by atoms with Gasteiger partial charge in [0.15, 0.2) is 0 Å². The van der Waals surface area contributed by atoms with Crippen molar-refractivity contribution in [1.29, 1.82) is 0 Å². The lowest BCUT2D eigenvalue weighted by atomic mass is 9.84. The molecule has 0 heterocycles. The molecule has 26 heavy (non-hydrogen) atoms. The Labute approximate surface area is 157 Å². The summed E-state index contributed by atoms with van der Waals surface area (Å²) in [6.45, 7) is 5.93. The van der Waals surface area contributed by atoms with E-state index in [1.807, 2.05) is 57.2 Å². The average Bonchev–Trinajstić information content (AvgIpc) is 2.58. The minimum Gasteiger partial charge on any atom is -0.444 e. The lowest BCUT2D eigenvalue weighted by molar-refractivity contribution is 0.0534. The number of aliphatic hydroxyl groups excluding tert-OH is 1. The molecule has 1 unspecified atom stereocenters. The SMILES string of the molecule is CC(C)(C)OC(=O)NC/C=C/c1cccc(C(O)CC2CCCCC2)c1. The lowest BCUT2D eigenvalue weighted by Gasteiger charge is -2.24. The fraction of sp³-hybridized carbons (Fsp3) is 0.591. The molecule has 0 radical (unpaired) electrons. The predicted octanol–water partition coefficient (Wildman–Crippen LogP) is 5.23. The first-order valence-electron chi connectivity index (χ1n) is 9.75. The van der Waals surface area contributed by atoms with Crippen LogP contribution in [0.5, 0.6) is 0 Å². The Balaban J connectivity index is 1.83. The second-order valence-electron chi connectivity index (χ2n) is 8.21. The minimum absolute atomic E-state index is 0.397. The topological polar surface area (TPSA) is 58.6 Å². The van der Waals surface area contributed by atoms with Crippen LogP contribution in [-0.2, 0) is 4.74 Å². The van der Waals surface area contributed by atoms with Gasteiger partial charge in [0.2, 0.25) is 0 Å². The van der Waals surface area contributed by atoms with Gasteiger partial charge in [-0.2, -0.15) is 0 Å². The second-order valence-corrected chi connectivity index (χ2v) is 8.21. The standard InChI is InChI=1S/C22H33NO3/c1-22(2,3)26-21(25)23-14-8-12-17-11-7-13-19(15-17)20(24)16-18-9-5-4-6-10-18/h7-8,11-13,15,18,20,24H,4-6,9-10,14,16H2,1-3H3,(H,23,25)/b12-8+. The van der Waals surface area contributed by atoms with Gasteiger partial charge >= 0.3 is 6.09 Å². The first-order chi connectivity index (χ1) is 12.3. The number of amides is 1. The first-order valence-corrected chi connectivity index (χ1v) is 9.75. The van der Waals surface area contributed by atoms with E-state index in [0.29, 0.717) is 12.5 Å². The van der Waals surface area contributed by atoms with Crippen LogP contribution in [0.1, 0.15) is 76.5 Å².